The number of oxime groups is 1. The molecule has 1 heterocycles. The van der Waals surface area contributed by atoms with Crippen molar-refractivity contribution in [1.82, 2.24) is 4.90 Å². The van der Waals surface area contributed by atoms with Crippen molar-refractivity contribution in [1.29, 1.82) is 0 Å². The van der Waals surface area contributed by atoms with Crippen LogP contribution in [0.1, 0.15) is 97.0 Å². The molecule has 1 saturated carbocycles. The van der Waals surface area contributed by atoms with Gasteiger partial charge in [0.2, 0.25) is 5.79 Å². The van der Waals surface area contributed by atoms with E-state index in [0.717, 1.165) is 53.2 Å². The van der Waals surface area contributed by atoms with Gasteiger partial charge in [0.15, 0.2) is 0 Å². The standard InChI is InChI=1S/C46H64N2O8S/c1-8-11-28-52-44(51)48(24-9-2)41-31-39(47-56-45(4,5)6)37-29-32(16-12-14-25-49)36(17-13-15-26-50)42-38-30-34(54-33-18-21-35(57-7)22-19-33)20-23-40(38)55-46(41,43(37)42)53-27-10-3/h8,10,18-23,29-30,32,36,41-43,49-50H,1,3,9,11-17,24-28,31H2,2,4-7H3. The number of fused-ring (bicyclic) bond motifs is 2. The summed E-state index contributed by atoms with van der Waals surface area (Å²) in [5.41, 5.74) is 2.16. The van der Waals surface area contributed by atoms with Crippen LogP contribution in [0.3, 0.4) is 0 Å². The van der Waals surface area contributed by atoms with Crippen LogP contribution in [0.5, 0.6) is 17.2 Å². The van der Waals surface area contributed by atoms with E-state index in [0.29, 0.717) is 50.1 Å². The number of hydrogen-bond donors (Lipinski definition) is 2. The Balaban J connectivity index is 1.77. The molecule has 2 aromatic rings. The number of rotatable bonds is 21. The van der Waals surface area contributed by atoms with Gasteiger partial charge in [0.25, 0.3) is 0 Å². The lowest BCUT2D eigenvalue weighted by atomic mass is 9.55. The fourth-order valence-electron chi connectivity index (χ4n) is 8.61. The molecule has 11 heteroatoms. The summed E-state index contributed by atoms with van der Waals surface area (Å²) in [5.74, 6) is 0.356. The van der Waals surface area contributed by atoms with E-state index in [2.05, 4.69) is 25.3 Å². The predicted octanol–water partition coefficient (Wildman–Crippen LogP) is 10.1. The van der Waals surface area contributed by atoms with Gasteiger partial charge in [-0.1, -0.05) is 43.1 Å². The summed E-state index contributed by atoms with van der Waals surface area (Å²) >= 11 is 1.68. The van der Waals surface area contributed by atoms with Gasteiger partial charge in [-0.3, -0.25) is 4.90 Å². The van der Waals surface area contributed by atoms with E-state index < -0.39 is 29.4 Å². The molecule has 1 aliphatic heterocycles. The summed E-state index contributed by atoms with van der Waals surface area (Å²) in [7, 11) is 0. The van der Waals surface area contributed by atoms with Gasteiger partial charge in [-0.15, -0.1) is 24.9 Å². The summed E-state index contributed by atoms with van der Waals surface area (Å²) in [6.07, 6.45) is 13.7. The lowest BCUT2D eigenvalue weighted by Crippen LogP contribution is -2.70. The van der Waals surface area contributed by atoms with Crippen molar-refractivity contribution in [2.24, 2.45) is 22.9 Å². The molecule has 0 aromatic heterocycles. The predicted molar refractivity (Wildman–Crippen MR) is 227 cm³/mol. The van der Waals surface area contributed by atoms with Crippen molar-refractivity contribution in [3.8, 4) is 17.2 Å². The molecule has 312 valence electrons. The number of carbonyl (C=O) groups excluding carboxylic acids is 1. The highest BCUT2D eigenvalue weighted by Crippen LogP contribution is 2.62. The summed E-state index contributed by atoms with van der Waals surface area (Å²) < 4.78 is 26.7. The Bertz CT molecular complexity index is 1700. The SMILES string of the molecule is C=CCCOC(=O)N(CCC)C1CC(=NOC(C)(C)C)C2=CC(CCCCO)C(CCCCO)C3c4cc(Oc5ccc(SC)cc5)ccc4OC1(OCC=C)C23. The molecular weight excluding hydrogens is 741 g/mol. The third-order valence-corrected chi connectivity index (χ3v) is 11.7. The number of amides is 1. The Morgan fingerprint density at radius 3 is 2.40 bits per heavy atom. The number of aliphatic hydroxyl groups is 2. The molecule has 0 saturated heterocycles. The number of thioether (sulfide) groups is 1. The van der Waals surface area contributed by atoms with Gasteiger partial charge >= 0.3 is 6.09 Å². The highest BCUT2D eigenvalue weighted by atomic mass is 32.2. The largest absolute Gasteiger partial charge is 0.459 e. The van der Waals surface area contributed by atoms with E-state index in [9.17, 15) is 15.0 Å². The molecule has 0 spiro atoms. The maximum absolute atomic E-state index is 14.2. The van der Waals surface area contributed by atoms with Crippen molar-refractivity contribution in [3.63, 3.8) is 0 Å². The molecule has 0 bridgehead atoms. The Morgan fingerprint density at radius 2 is 1.75 bits per heavy atom. The fraction of sp³-hybridized carbons (Fsp3) is 0.565. The number of unbranched alkanes of at least 4 members (excludes halogenated alkanes) is 2. The molecule has 2 aliphatic carbocycles. The normalized spacial score (nSPS) is 24.4. The highest BCUT2D eigenvalue weighted by Gasteiger charge is 2.65. The molecular formula is C46H64N2O8S. The van der Waals surface area contributed by atoms with Gasteiger partial charge in [0, 0.05) is 42.6 Å². The molecule has 5 rings (SSSR count). The van der Waals surface area contributed by atoms with Crippen LogP contribution < -0.4 is 9.47 Å². The second kappa shape index (κ2) is 20.8. The minimum atomic E-state index is -1.35. The number of nitrogens with zero attached hydrogens (tertiary/aromatic N) is 2. The third kappa shape index (κ3) is 10.7. The Kier molecular flexibility index (Phi) is 16.2. The van der Waals surface area contributed by atoms with Gasteiger partial charge in [-0.2, -0.15) is 0 Å². The zero-order chi connectivity index (χ0) is 41.0. The first-order chi connectivity index (χ1) is 27.5. The Hall–Kier alpha value is -3.77. The highest BCUT2D eigenvalue weighted by molar-refractivity contribution is 7.98. The maximum atomic E-state index is 14.2. The number of aliphatic hydroxyl groups excluding tert-OH is 2. The van der Waals surface area contributed by atoms with Gasteiger partial charge in [-0.25, -0.2) is 4.79 Å². The van der Waals surface area contributed by atoms with Crippen LogP contribution in [-0.2, 0) is 14.3 Å². The Morgan fingerprint density at radius 1 is 1.04 bits per heavy atom. The molecule has 1 fully saturated rings. The molecule has 6 atom stereocenters. The Labute approximate surface area is 344 Å². The average Bonchev–Trinajstić information content (AvgIpc) is 3.20. The number of ether oxygens (including phenoxy) is 4. The van der Waals surface area contributed by atoms with Crippen molar-refractivity contribution in [3.05, 3.63) is 85.0 Å². The van der Waals surface area contributed by atoms with Crippen LogP contribution in [0.2, 0.25) is 0 Å². The van der Waals surface area contributed by atoms with Crippen molar-refractivity contribution >= 4 is 23.6 Å². The topological polar surface area (TPSA) is 119 Å². The van der Waals surface area contributed by atoms with Crippen LogP contribution in [0.4, 0.5) is 4.79 Å². The zero-order valence-corrected chi connectivity index (χ0v) is 35.4. The van der Waals surface area contributed by atoms with E-state index >= 15 is 0 Å². The first kappa shape index (κ1) is 44.3. The second-order valence-corrected chi connectivity index (χ2v) is 17.0. The molecule has 6 unspecified atom stereocenters. The molecule has 2 aromatic carbocycles. The zero-order valence-electron chi connectivity index (χ0n) is 34.6. The summed E-state index contributed by atoms with van der Waals surface area (Å²) in [6, 6.07) is 13.4. The summed E-state index contributed by atoms with van der Waals surface area (Å²) in [6.45, 7) is 16.8. The summed E-state index contributed by atoms with van der Waals surface area (Å²) in [5, 5.41) is 24.7. The second-order valence-electron chi connectivity index (χ2n) is 16.1. The van der Waals surface area contributed by atoms with E-state index in [4.69, 9.17) is 28.9 Å². The molecule has 1 amide bonds. The minimum absolute atomic E-state index is 0.0946. The number of hydrogen-bond acceptors (Lipinski definition) is 10. The van der Waals surface area contributed by atoms with Crippen molar-refractivity contribution < 1.29 is 38.8 Å². The maximum Gasteiger partial charge on any atom is 0.410 e. The first-order valence-corrected chi connectivity index (χ1v) is 21.9. The number of allylic oxidation sites excluding steroid dienone is 1. The van der Waals surface area contributed by atoms with Crippen LogP contribution in [-0.4, -0.2) is 83.6 Å². The van der Waals surface area contributed by atoms with E-state index in [1.54, 1.807) is 28.8 Å². The third-order valence-electron chi connectivity index (χ3n) is 11.0. The van der Waals surface area contributed by atoms with E-state index in [1.165, 1.54) is 0 Å². The van der Waals surface area contributed by atoms with Crippen LogP contribution >= 0.6 is 11.8 Å². The fourth-order valence-corrected chi connectivity index (χ4v) is 9.02. The van der Waals surface area contributed by atoms with Crippen LogP contribution in [0, 0.1) is 17.8 Å². The van der Waals surface area contributed by atoms with Crippen molar-refractivity contribution in [2.45, 2.75) is 114 Å². The number of carbonyl (C=O) groups is 1. The monoisotopic (exact) mass is 804 g/mol. The van der Waals surface area contributed by atoms with E-state index in [1.807, 2.05) is 70.3 Å². The first-order valence-electron chi connectivity index (χ1n) is 20.7. The lowest BCUT2D eigenvalue weighted by Gasteiger charge is -2.60. The van der Waals surface area contributed by atoms with Gasteiger partial charge in [0.05, 0.1) is 24.8 Å². The van der Waals surface area contributed by atoms with Crippen LogP contribution in [0.15, 0.2) is 89.5 Å². The minimum Gasteiger partial charge on any atom is -0.459 e. The number of benzene rings is 2. The van der Waals surface area contributed by atoms with Gasteiger partial charge in [-0.05, 0) is 125 Å². The molecule has 2 N–H and O–H groups in total. The molecule has 57 heavy (non-hydrogen) atoms. The summed E-state index contributed by atoms with van der Waals surface area (Å²) in [4.78, 5) is 23.3. The quantitative estimate of drug-likeness (QED) is 0.0550. The van der Waals surface area contributed by atoms with Gasteiger partial charge in [0.1, 0.15) is 28.9 Å². The van der Waals surface area contributed by atoms with Crippen LogP contribution in [0.25, 0.3) is 0 Å². The molecule has 3 aliphatic rings. The lowest BCUT2D eigenvalue weighted by molar-refractivity contribution is -0.255. The molecule has 0 radical (unpaired) electrons. The average molecular weight is 805 g/mol. The molecule has 10 nitrogen and oxygen atoms in total. The smallest absolute Gasteiger partial charge is 0.410 e. The van der Waals surface area contributed by atoms with E-state index in [-0.39, 0.29) is 44.2 Å². The van der Waals surface area contributed by atoms with Crippen molar-refractivity contribution in [2.75, 3.05) is 39.2 Å². The van der Waals surface area contributed by atoms with Gasteiger partial charge < -0.3 is 34.0 Å².